The van der Waals surface area contributed by atoms with Gasteiger partial charge < -0.3 is 5.32 Å². The Hall–Kier alpha value is -2.40. The molecule has 2 aromatic rings. The highest BCUT2D eigenvalue weighted by Crippen LogP contribution is 2.26. The van der Waals surface area contributed by atoms with Crippen molar-refractivity contribution in [3.63, 3.8) is 0 Å². The Kier molecular flexibility index (Phi) is 4.23. The smallest absolute Gasteiger partial charge is 0.288 e. The zero-order chi connectivity index (χ0) is 15.6. The van der Waals surface area contributed by atoms with Gasteiger partial charge in [0.1, 0.15) is 5.02 Å². The molecule has 6 heteroatoms. The quantitative estimate of drug-likeness (QED) is 0.685. The lowest BCUT2D eigenvalue weighted by Gasteiger charge is -2.11. The zero-order valence-electron chi connectivity index (χ0n) is 11.5. The van der Waals surface area contributed by atoms with Crippen molar-refractivity contribution in [3.05, 3.63) is 68.2 Å². The van der Waals surface area contributed by atoms with E-state index in [1.54, 1.807) is 0 Å². The van der Waals surface area contributed by atoms with Gasteiger partial charge in [-0.1, -0.05) is 29.8 Å². The Morgan fingerprint density at radius 3 is 2.38 bits per heavy atom. The highest BCUT2D eigenvalue weighted by molar-refractivity contribution is 6.32. The van der Waals surface area contributed by atoms with Crippen molar-refractivity contribution in [2.75, 3.05) is 5.32 Å². The van der Waals surface area contributed by atoms with E-state index in [1.165, 1.54) is 18.2 Å². The minimum absolute atomic E-state index is 0.00335. The van der Waals surface area contributed by atoms with Crippen LogP contribution < -0.4 is 5.32 Å². The van der Waals surface area contributed by atoms with E-state index in [4.69, 9.17) is 11.6 Å². The highest BCUT2D eigenvalue weighted by atomic mass is 35.5. The largest absolute Gasteiger partial charge is 0.321 e. The van der Waals surface area contributed by atoms with Crippen LogP contribution in [0.2, 0.25) is 5.02 Å². The number of nitrogens with one attached hydrogen (secondary N) is 1. The summed E-state index contributed by atoms with van der Waals surface area (Å²) in [5, 5.41) is 13.6. The average Bonchev–Trinajstić information content (AvgIpc) is 2.43. The van der Waals surface area contributed by atoms with Crippen LogP contribution in [0.5, 0.6) is 0 Å². The number of anilines is 1. The summed E-state index contributed by atoms with van der Waals surface area (Å²) < 4.78 is 0. The van der Waals surface area contributed by atoms with Gasteiger partial charge in [-0.15, -0.1) is 0 Å². The molecule has 0 aromatic heterocycles. The fourth-order valence-corrected chi connectivity index (χ4v) is 2.18. The van der Waals surface area contributed by atoms with Crippen LogP contribution in [0.15, 0.2) is 36.4 Å². The molecule has 2 rings (SSSR count). The minimum Gasteiger partial charge on any atom is -0.321 e. The second kappa shape index (κ2) is 5.93. The molecule has 0 unspecified atom stereocenters. The molecule has 0 saturated carbocycles. The van der Waals surface area contributed by atoms with E-state index in [9.17, 15) is 14.9 Å². The van der Waals surface area contributed by atoms with Crippen molar-refractivity contribution in [1.29, 1.82) is 0 Å². The van der Waals surface area contributed by atoms with Crippen LogP contribution in [0, 0.1) is 24.0 Å². The molecule has 0 heterocycles. The number of nitro groups is 1. The highest BCUT2D eigenvalue weighted by Gasteiger charge is 2.17. The first kappa shape index (κ1) is 15.0. The van der Waals surface area contributed by atoms with Gasteiger partial charge in [0.05, 0.1) is 4.92 Å². The number of carbonyl (C=O) groups excluding carboxylic acids is 1. The number of hydrogen-bond donors (Lipinski definition) is 1. The third-order valence-electron chi connectivity index (χ3n) is 3.12. The van der Waals surface area contributed by atoms with Crippen LogP contribution in [0.4, 0.5) is 11.4 Å². The summed E-state index contributed by atoms with van der Waals surface area (Å²) in [5.74, 6) is -0.410. The zero-order valence-corrected chi connectivity index (χ0v) is 12.3. The number of nitrogens with zero attached hydrogens (tertiary/aromatic N) is 1. The normalized spacial score (nSPS) is 10.2. The Bertz CT molecular complexity index is 709. The predicted octanol–water partition coefficient (Wildman–Crippen LogP) is 4.12. The molecule has 0 spiro atoms. The molecule has 5 nitrogen and oxygen atoms in total. The molecule has 108 valence electrons. The average molecular weight is 305 g/mol. The summed E-state index contributed by atoms with van der Waals surface area (Å²) in [7, 11) is 0. The summed E-state index contributed by atoms with van der Waals surface area (Å²) in [6.07, 6.45) is 0. The second-order valence-corrected chi connectivity index (χ2v) is 5.05. The summed E-state index contributed by atoms with van der Waals surface area (Å²) in [6, 6.07) is 9.64. The van der Waals surface area contributed by atoms with Crippen LogP contribution >= 0.6 is 11.6 Å². The number of nitro benzene ring substituents is 1. The van der Waals surface area contributed by atoms with E-state index in [1.807, 2.05) is 32.0 Å². The molecule has 0 bridgehead atoms. The van der Waals surface area contributed by atoms with Crippen LogP contribution in [0.25, 0.3) is 0 Å². The molecule has 0 atom stereocenters. The maximum atomic E-state index is 12.2. The topological polar surface area (TPSA) is 72.2 Å². The van der Waals surface area contributed by atoms with Gasteiger partial charge in [-0.25, -0.2) is 0 Å². The molecule has 1 amide bonds. The fraction of sp³-hybridized carbons (Fsp3) is 0.133. The number of aryl methyl sites for hydroxylation is 2. The molecule has 0 aliphatic heterocycles. The third-order valence-corrected chi connectivity index (χ3v) is 3.44. The van der Waals surface area contributed by atoms with Gasteiger partial charge in [0, 0.05) is 17.3 Å². The fourth-order valence-electron chi connectivity index (χ4n) is 1.99. The Balaban J connectivity index is 2.33. The van der Waals surface area contributed by atoms with Crippen LogP contribution in [-0.2, 0) is 0 Å². The van der Waals surface area contributed by atoms with E-state index < -0.39 is 10.8 Å². The second-order valence-electron chi connectivity index (χ2n) is 4.64. The van der Waals surface area contributed by atoms with Crippen LogP contribution in [-0.4, -0.2) is 10.8 Å². The maximum absolute atomic E-state index is 12.2. The van der Waals surface area contributed by atoms with Crippen molar-refractivity contribution in [2.45, 2.75) is 13.8 Å². The lowest BCUT2D eigenvalue weighted by Crippen LogP contribution is -2.14. The first-order valence-electron chi connectivity index (χ1n) is 6.21. The maximum Gasteiger partial charge on any atom is 0.288 e. The monoisotopic (exact) mass is 304 g/mol. The van der Waals surface area contributed by atoms with Crippen molar-refractivity contribution in [3.8, 4) is 0 Å². The molecular weight excluding hydrogens is 292 g/mol. The molecule has 2 aromatic carbocycles. The van der Waals surface area contributed by atoms with Crippen molar-refractivity contribution in [2.24, 2.45) is 0 Å². The number of halogens is 1. The molecule has 0 fully saturated rings. The molecule has 21 heavy (non-hydrogen) atoms. The minimum atomic E-state index is -0.613. The first-order valence-corrected chi connectivity index (χ1v) is 6.59. The molecule has 0 radical (unpaired) electrons. The van der Waals surface area contributed by atoms with E-state index in [0.717, 1.165) is 11.1 Å². The first-order chi connectivity index (χ1) is 9.90. The molecule has 0 aliphatic carbocycles. The van der Waals surface area contributed by atoms with Gasteiger partial charge in [-0.05, 0) is 37.1 Å². The van der Waals surface area contributed by atoms with E-state index in [-0.39, 0.29) is 16.3 Å². The standard InChI is InChI=1S/C15H13ClN2O3/c1-9-4-3-5-10(2)14(9)17-15(19)11-6-7-12(16)13(8-11)18(20)21/h3-8H,1-2H3,(H,17,19). The number of rotatable bonds is 3. The van der Waals surface area contributed by atoms with Crippen molar-refractivity contribution >= 4 is 28.9 Å². The third kappa shape index (κ3) is 3.20. The Morgan fingerprint density at radius 2 is 1.81 bits per heavy atom. The van der Waals surface area contributed by atoms with E-state index in [2.05, 4.69) is 5.32 Å². The number of para-hydroxylation sites is 1. The van der Waals surface area contributed by atoms with Gasteiger partial charge in [0.2, 0.25) is 0 Å². The predicted molar refractivity (Wildman–Crippen MR) is 82.0 cm³/mol. The summed E-state index contributed by atoms with van der Waals surface area (Å²) in [6.45, 7) is 3.76. The number of benzene rings is 2. The van der Waals surface area contributed by atoms with E-state index >= 15 is 0 Å². The van der Waals surface area contributed by atoms with Gasteiger partial charge in [-0.2, -0.15) is 0 Å². The molecule has 0 saturated heterocycles. The number of carbonyl (C=O) groups is 1. The SMILES string of the molecule is Cc1cccc(C)c1NC(=O)c1ccc(Cl)c([N+](=O)[O-])c1. The number of hydrogen-bond acceptors (Lipinski definition) is 3. The molecule has 0 aliphatic rings. The van der Waals surface area contributed by atoms with E-state index in [0.29, 0.717) is 5.69 Å². The van der Waals surface area contributed by atoms with Crippen molar-refractivity contribution < 1.29 is 9.72 Å². The van der Waals surface area contributed by atoms with Gasteiger partial charge in [0.25, 0.3) is 11.6 Å². The number of amides is 1. The Morgan fingerprint density at radius 1 is 1.19 bits per heavy atom. The van der Waals surface area contributed by atoms with Gasteiger partial charge in [0.15, 0.2) is 0 Å². The Labute approximate surface area is 126 Å². The molecule has 1 N–H and O–H groups in total. The summed E-state index contributed by atoms with van der Waals surface area (Å²) >= 11 is 5.73. The van der Waals surface area contributed by atoms with Gasteiger partial charge >= 0.3 is 0 Å². The van der Waals surface area contributed by atoms with Crippen LogP contribution in [0.1, 0.15) is 21.5 Å². The van der Waals surface area contributed by atoms with Crippen molar-refractivity contribution in [1.82, 2.24) is 0 Å². The molecular formula is C15H13ClN2O3. The summed E-state index contributed by atoms with van der Waals surface area (Å²) in [4.78, 5) is 22.5. The lowest BCUT2D eigenvalue weighted by atomic mass is 10.1. The summed E-state index contributed by atoms with van der Waals surface area (Å²) in [5.41, 5.74) is 2.46. The lowest BCUT2D eigenvalue weighted by molar-refractivity contribution is -0.384. The van der Waals surface area contributed by atoms with Gasteiger partial charge in [-0.3, -0.25) is 14.9 Å². The van der Waals surface area contributed by atoms with Crippen LogP contribution in [0.3, 0.4) is 0 Å².